The van der Waals surface area contributed by atoms with Gasteiger partial charge in [-0.2, -0.15) is 0 Å². The summed E-state index contributed by atoms with van der Waals surface area (Å²) < 4.78 is 10.9. The molecule has 0 saturated heterocycles. The third-order valence-electron chi connectivity index (χ3n) is 5.28. The van der Waals surface area contributed by atoms with Crippen LogP contribution in [0.4, 0.5) is 5.69 Å². The van der Waals surface area contributed by atoms with Crippen molar-refractivity contribution in [2.24, 2.45) is 5.92 Å². The molecule has 2 aromatic rings. The van der Waals surface area contributed by atoms with Crippen molar-refractivity contribution in [2.75, 3.05) is 19.5 Å². The number of allylic oxidation sites excluding steroid dienone is 2. The van der Waals surface area contributed by atoms with Gasteiger partial charge < -0.3 is 14.8 Å². The van der Waals surface area contributed by atoms with Gasteiger partial charge in [-0.1, -0.05) is 35.9 Å². The van der Waals surface area contributed by atoms with E-state index in [2.05, 4.69) is 54.7 Å². The first kappa shape index (κ1) is 15.1. The molecular weight excluding hydrogens is 298 g/mol. The highest BCUT2D eigenvalue weighted by molar-refractivity contribution is 5.61. The molecule has 2 aliphatic rings. The zero-order valence-corrected chi connectivity index (χ0v) is 14.4. The summed E-state index contributed by atoms with van der Waals surface area (Å²) in [5.41, 5.74) is 5.23. The number of ether oxygens (including phenoxy) is 2. The number of hydrogen-bond acceptors (Lipinski definition) is 3. The number of fused-ring (bicyclic) bond motifs is 3. The summed E-state index contributed by atoms with van der Waals surface area (Å²) in [4.78, 5) is 0. The Bertz CT molecular complexity index is 796. The Morgan fingerprint density at radius 1 is 1.00 bits per heavy atom. The van der Waals surface area contributed by atoms with Gasteiger partial charge in [0.15, 0.2) is 11.5 Å². The molecule has 0 spiro atoms. The molecule has 0 amide bonds. The second-order valence-electron chi connectivity index (χ2n) is 6.68. The summed E-state index contributed by atoms with van der Waals surface area (Å²) in [6.45, 7) is 2.16. The van der Waals surface area contributed by atoms with Crippen LogP contribution in [0.15, 0.2) is 48.6 Å². The van der Waals surface area contributed by atoms with E-state index in [-0.39, 0.29) is 6.04 Å². The van der Waals surface area contributed by atoms with Crippen LogP contribution in [0, 0.1) is 12.8 Å². The first-order chi connectivity index (χ1) is 11.7. The van der Waals surface area contributed by atoms with Crippen molar-refractivity contribution in [2.45, 2.75) is 25.3 Å². The van der Waals surface area contributed by atoms with Crippen molar-refractivity contribution in [1.29, 1.82) is 0 Å². The summed E-state index contributed by atoms with van der Waals surface area (Å²) in [6.07, 6.45) is 5.80. The highest BCUT2D eigenvalue weighted by atomic mass is 16.5. The number of aryl methyl sites for hydroxylation is 1. The van der Waals surface area contributed by atoms with Crippen molar-refractivity contribution in [3.05, 3.63) is 65.2 Å². The Morgan fingerprint density at radius 2 is 1.83 bits per heavy atom. The average Bonchev–Trinajstić information content (AvgIpc) is 3.10. The normalized spacial score (nSPS) is 24.0. The molecule has 0 bridgehead atoms. The first-order valence-corrected chi connectivity index (χ1v) is 8.47. The number of benzene rings is 2. The topological polar surface area (TPSA) is 30.5 Å². The van der Waals surface area contributed by atoms with Crippen LogP contribution in [0.5, 0.6) is 11.5 Å². The number of hydrogen-bond donors (Lipinski definition) is 1. The van der Waals surface area contributed by atoms with E-state index in [4.69, 9.17) is 9.47 Å². The summed E-state index contributed by atoms with van der Waals surface area (Å²) >= 11 is 0. The number of anilines is 1. The Labute approximate surface area is 143 Å². The molecule has 1 aliphatic heterocycles. The zero-order chi connectivity index (χ0) is 16.7. The van der Waals surface area contributed by atoms with Gasteiger partial charge in [-0.05, 0) is 48.6 Å². The molecule has 1 heterocycles. The van der Waals surface area contributed by atoms with Crippen molar-refractivity contribution < 1.29 is 9.47 Å². The fourth-order valence-electron chi connectivity index (χ4n) is 4.09. The van der Waals surface area contributed by atoms with Crippen molar-refractivity contribution in [3.8, 4) is 11.5 Å². The number of nitrogens with one attached hydrogen (secondary N) is 1. The van der Waals surface area contributed by atoms with Crippen LogP contribution in [-0.4, -0.2) is 14.2 Å². The van der Waals surface area contributed by atoms with E-state index >= 15 is 0 Å². The Hall–Kier alpha value is -2.42. The summed E-state index contributed by atoms with van der Waals surface area (Å²) in [7, 11) is 3.36. The maximum atomic E-state index is 5.50. The predicted octanol–water partition coefficient (Wildman–Crippen LogP) is 4.84. The molecule has 0 fully saturated rings. The molecule has 3 heteroatoms. The second-order valence-corrected chi connectivity index (χ2v) is 6.68. The molecule has 0 radical (unpaired) electrons. The number of rotatable bonds is 3. The van der Waals surface area contributed by atoms with Gasteiger partial charge >= 0.3 is 0 Å². The highest BCUT2D eigenvalue weighted by Gasteiger charge is 2.38. The molecule has 4 rings (SSSR count). The standard InChI is InChI=1S/C21H23NO2/c1-13-7-9-18-17(11-13)15-5-4-6-16(15)21(22-18)14-8-10-19(23-2)20(12-14)24-3/h4-5,7-12,15-16,21-22H,6H2,1-3H3/t15-,16+,21+/m1/s1. The Kier molecular flexibility index (Phi) is 3.72. The van der Waals surface area contributed by atoms with Crippen molar-refractivity contribution in [3.63, 3.8) is 0 Å². The smallest absolute Gasteiger partial charge is 0.161 e. The molecule has 3 nitrogen and oxygen atoms in total. The Balaban J connectivity index is 1.76. The van der Waals surface area contributed by atoms with Gasteiger partial charge in [0.1, 0.15) is 0 Å². The van der Waals surface area contributed by atoms with Gasteiger partial charge in [-0.25, -0.2) is 0 Å². The molecule has 124 valence electrons. The lowest BCUT2D eigenvalue weighted by molar-refractivity contribution is 0.353. The Morgan fingerprint density at radius 3 is 2.62 bits per heavy atom. The summed E-state index contributed by atoms with van der Waals surface area (Å²) in [5, 5.41) is 3.76. The van der Waals surface area contributed by atoms with E-state index in [1.807, 2.05) is 6.07 Å². The van der Waals surface area contributed by atoms with Gasteiger partial charge in [0.25, 0.3) is 0 Å². The van der Waals surface area contributed by atoms with Gasteiger partial charge in [-0.3, -0.25) is 0 Å². The number of methoxy groups -OCH3 is 2. The minimum absolute atomic E-state index is 0.278. The molecule has 3 atom stereocenters. The maximum absolute atomic E-state index is 5.50. The fourth-order valence-corrected chi connectivity index (χ4v) is 4.09. The average molecular weight is 321 g/mol. The third kappa shape index (κ3) is 2.35. The van der Waals surface area contributed by atoms with E-state index in [0.29, 0.717) is 11.8 Å². The lowest BCUT2D eigenvalue weighted by Gasteiger charge is -2.37. The van der Waals surface area contributed by atoms with Crippen LogP contribution >= 0.6 is 0 Å². The third-order valence-corrected chi connectivity index (χ3v) is 5.28. The van der Waals surface area contributed by atoms with E-state index in [9.17, 15) is 0 Å². The van der Waals surface area contributed by atoms with E-state index in [0.717, 1.165) is 17.9 Å². The monoisotopic (exact) mass is 321 g/mol. The summed E-state index contributed by atoms with van der Waals surface area (Å²) in [5.74, 6) is 2.58. The van der Waals surface area contributed by atoms with Crippen LogP contribution in [0.25, 0.3) is 0 Å². The van der Waals surface area contributed by atoms with Crippen molar-refractivity contribution >= 4 is 5.69 Å². The van der Waals surface area contributed by atoms with Crippen LogP contribution in [0.2, 0.25) is 0 Å². The quantitative estimate of drug-likeness (QED) is 0.821. The second kappa shape index (κ2) is 5.90. The van der Waals surface area contributed by atoms with E-state index in [1.54, 1.807) is 14.2 Å². The summed E-state index contributed by atoms with van der Waals surface area (Å²) in [6, 6.07) is 13.2. The van der Waals surface area contributed by atoms with E-state index < -0.39 is 0 Å². The van der Waals surface area contributed by atoms with Crippen LogP contribution < -0.4 is 14.8 Å². The molecule has 0 unspecified atom stereocenters. The molecule has 0 saturated carbocycles. The molecule has 1 aliphatic carbocycles. The van der Waals surface area contributed by atoms with Crippen LogP contribution in [-0.2, 0) is 0 Å². The highest BCUT2D eigenvalue weighted by Crippen LogP contribution is 2.50. The maximum Gasteiger partial charge on any atom is 0.161 e. The minimum Gasteiger partial charge on any atom is -0.493 e. The first-order valence-electron chi connectivity index (χ1n) is 8.47. The molecule has 24 heavy (non-hydrogen) atoms. The minimum atomic E-state index is 0.278. The predicted molar refractivity (Wildman–Crippen MR) is 97.1 cm³/mol. The molecule has 2 aromatic carbocycles. The zero-order valence-electron chi connectivity index (χ0n) is 14.4. The van der Waals surface area contributed by atoms with Gasteiger partial charge in [-0.15, -0.1) is 0 Å². The van der Waals surface area contributed by atoms with Crippen LogP contribution in [0.3, 0.4) is 0 Å². The largest absolute Gasteiger partial charge is 0.493 e. The SMILES string of the molecule is COc1ccc([C@@H]2Nc3ccc(C)cc3[C@@H]3C=CC[C@@H]32)cc1OC. The van der Waals surface area contributed by atoms with Gasteiger partial charge in [0, 0.05) is 11.6 Å². The van der Waals surface area contributed by atoms with Gasteiger partial charge in [0.05, 0.1) is 20.3 Å². The van der Waals surface area contributed by atoms with Crippen LogP contribution in [0.1, 0.15) is 35.1 Å². The molecular formula is C21H23NO2. The van der Waals surface area contributed by atoms with Crippen molar-refractivity contribution in [1.82, 2.24) is 0 Å². The van der Waals surface area contributed by atoms with E-state index in [1.165, 1.54) is 22.4 Å². The fraction of sp³-hybridized carbons (Fsp3) is 0.333. The molecule has 0 aromatic heterocycles. The van der Waals surface area contributed by atoms with Gasteiger partial charge in [0.2, 0.25) is 0 Å². The lowest BCUT2D eigenvalue weighted by atomic mass is 9.76. The lowest BCUT2D eigenvalue weighted by Crippen LogP contribution is -2.29. The molecule has 1 N–H and O–H groups in total.